The maximum absolute atomic E-state index is 12.7. The van der Waals surface area contributed by atoms with Crippen molar-refractivity contribution in [1.29, 1.82) is 0 Å². The molecule has 1 aromatic carbocycles. The van der Waals surface area contributed by atoms with Gasteiger partial charge in [0.15, 0.2) is 0 Å². The van der Waals surface area contributed by atoms with Crippen molar-refractivity contribution in [2.45, 2.75) is 12.1 Å². The number of hydrogen-bond acceptors (Lipinski definition) is 1. The summed E-state index contributed by atoms with van der Waals surface area (Å²) < 4.78 is 73.7. The van der Waals surface area contributed by atoms with E-state index in [0.717, 1.165) is 12.1 Å². The molecule has 1 aromatic rings. The molecule has 0 saturated carbocycles. The second kappa shape index (κ2) is 4.21. The van der Waals surface area contributed by atoms with Gasteiger partial charge in [-0.1, -0.05) is 11.6 Å². The first kappa shape index (κ1) is 13.8. The van der Waals surface area contributed by atoms with Gasteiger partial charge in [-0.05, 0) is 18.2 Å². The number of halogens is 7. The van der Waals surface area contributed by atoms with E-state index in [-0.39, 0.29) is 6.07 Å². The molecule has 1 nitrogen and oxygen atoms in total. The number of Topliss-reactive ketones (excluding diaryl/α,β-unsaturated/α-hetero) is 1. The third kappa shape index (κ3) is 2.54. The highest BCUT2D eigenvalue weighted by molar-refractivity contribution is 6.34. The highest BCUT2D eigenvalue weighted by Crippen LogP contribution is 2.39. The van der Waals surface area contributed by atoms with Crippen LogP contribution in [0.4, 0.5) is 26.3 Å². The van der Waals surface area contributed by atoms with Crippen LogP contribution in [0.15, 0.2) is 18.2 Å². The quantitative estimate of drug-likeness (QED) is 0.592. The Labute approximate surface area is 96.0 Å². The molecule has 0 unspecified atom stereocenters. The van der Waals surface area contributed by atoms with Crippen LogP contribution in [0.5, 0.6) is 0 Å². The van der Waals surface area contributed by atoms with E-state index in [1.165, 1.54) is 0 Å². The van der Waals surface area contributed by atoms with E-state index in [1.54, 1.807) is 0 Å². The van der Waals surface area contributed by atoms with Crippen molar-refractivity contribution < 1.29 is 31.1 Å². The normalized spacial score (nSPS) is 12.6. The van der Waals surface area contributed by atoms with Gasteiger partial charge in [0, 0.05) is 5.56 Å². The number of benzene rings is 1. The number of alkyl halides is 5. The van der Waals surface area contributed by atoms with Crippen molar-refractivity contribution in [1.82, 2.24) is 0 Å². The van der Waals surface area contributed by atoms with Crippen molar-refractivity contribution in [2.24, 2.45) is 0 Å². The van der Waals surface area contributed by atoms with Crippen molar-refractivity contribution in [3.8, 4) is 0 Å². The summed E-state index contributed by atoms with van der Waals surface area (Å²) in [5.74, 6) is -9.34. The first-order valence-corrected chi connectivity index (χ1v) is 4.39. The Morgan fingerprint density at radius 1 is 1.12 bits per heavy atom. The number of carbonyl (C=O) groups excluding carboxylic acids is 1. The van der Waals surface area contributed by atoms with E-state index >= 15 is 0 Å². The number of ketones is 1. The minimum absolute atomic E-state index is 0.227. The highest BCUT2D eigenvalue weighted by Gasteiger charge is 2.63. The lowest BCUT2D eigenvalue weighted by atomic mass is 10.0. The first-order chi connectivity index (χ1) is 7.57. The van der Waals surface area contributed by atoms with E-state index in [1.807, 2.05) is 0 Å². The van der Waals surface area contributed by atoms with Gasteiger partial charge in [-0.3, -0.25) is 4.79 Å². The molecular weight excluding hydrogens is 274 g/mol. The molecule has 0 atom stereocenters. The number of rotatable bonds is 2. The molecule has 8 heteroatoms. The molecule has 0 fully saturated rings. The van der Waals surface area contributed by atoms with Crippen LogP contribution >= 0.6 is 11.6 Å². The lowest BCUT2D eigenvalue weighted by molar-refractivity contribution is -0.255. The van der Waals surface area contributed by atoms with Gasteiger partial charge < -0.3 is 0 Å². The second-order valence-electron chi connectivity index (χ2n) is 3.03. The van der Waals surface area contributed by atoms with E-state index in [9.17, 15) is 31.1 Å². The maximum Gasteiger partial charge on any atom is 0.461 e. The Bertz CT molecular complexity index is 453. The SMILES string of the molecule is O=C(c1cc(F)ccc1Cl)C(F)(F)C(F)(F)F. The number of carbonyl (C=O) groups is 1. The van der Waals surface area contributed by atoms with Crippen LogP contribution in [0.3, 0.4) is 0 Å². The smallest absolute Gasteiger partial charge is 0.287 e. The molecule has 0 aliphatic heterocycles. The molecule has 0 aliphatic carbocycles. The average molecular weight is 277 g/mol. The fourth-order valence-corrected chi connectivity index (χ4v) is 1.17. The highest BCUT2D eigenvalue weighted by atomic mass is 35.5. The van der Waals surface area contributed by atoms with E-state index in [2.05, 4.69) is 0 Å². The predicted octanol–water partition coefficient (Wildman–Crippen LogP) is 3.86. The zero-order valence-electron chi connectivity index (χ0n) is 7.79. The van der Waals surface area contributed by atoms with Gasteiger partial charge in [-0.25, -0.2) is 4.39 Å². The fraction of sp³-hybridized carbons (Fsp3) is 0.222. The summed E-state index contributed by atoms with van der Waals surface area (Å²) in [6, 6.07) is 1.67. The Hall–Kier alpha value is -1.24. The van der Waals surface area contributed by atoms with E-state index in [4.69, 9.17) is 11.6 Å². The van der Waals surface area contributed by atoms with Gasteiger partial charge in [0.2, 0.25) is 5.78 Å². The molecule has 0 aromatic heterocycles. The summed E-state index contributed by atoms with van der Waals surface area (Å²) in [6.07, 6.45) is -6.06. The van der Waals surface area contributed by atoms with Gasteiger partial charge in [0.1, 0.15) is 5.82 Å². The molecule has 1 rings (SSSR count). The Kier molecular flexibility index (Phi) is 3.42. The van der Waals surface area contributed by atoms with Crippen LogP contribution in [0.2, 0.25) is 5.02 Å². The van der Waals surface area contributed by atoms with Gasteiger partial charge in [-0.15, -0.1) is 0 Å². The standard InChI is InChI=1S/C9H3ClF6O/c10-6-2-1-4(11)3-5(6)7(17)8(12,13)9(14,15)16/h1-3H. The monoisotopic (exact) mass is 276 g/mol. The van der Waals surface area contributed by atoms with Crippen LogP contribution in [-0.2, 0) is 0 Å². The molecule has 0 heterocycles. The largest absolute Gasteiger partial charge is 0.461 e. The van der Waals surface area contributed by atoms with Crippen LogP contribution in [-0.4, -0.2) is 17.9 Å². The van der Waals surface area contributed by atoms with E-state index in [0.29, 0.717) is 0 Å². The Morgan fingerprint density at radius 2 is 1.65 bits per heavy atom. The van der Waals surface area contributed by atoms with Crippen LogP contribution in [0.1, 0.15) is 10.4 Å². The van der Waals surface area contributed by atoms with Crippen molar-refractivity contribution in [3.63, 3.8) is 0 Å². The third-order valence-corrected chi connectivity index (χ3v) is 2.14. The van der Waals surface area contributed by atoms with E-state index < -0.39 is 34.3 Å². The zero-order valence-corrected chi connectivity index (χ0v) is 8.54. The molecule has 0 N–H and O–H groups in total. The minimum atomic E-state index is -6.06. The Morgan fingerprint density at radius 3 is 2.12 bits per heavy atom. The summed E-state index contributed by atoms with van der Waals surface area (Å²) in [5.41, 5.74) is -1.21. The molecule has 0 radical (unpaired) electrons. The lowest BCUT2D eigenvalue weighted by Crippen LogP contribution is -2.44. The summed E-state index contributed by atoms with van der Waals surface area (Å²) in [5, 5.41) is -0.680. The van der Waals surface area contributed by atoms with Gasteiger partial charge >= 0.3 is 12.1 Å². The third-order valence-electron chi connectivity index (χ3n) is 1.81. The van der Waals surface area contributed by atoms with Crippen molar-refractivity contribution >= 4 is 17.4 Å². The fourth-order valence-electron chi connectivity index (χ4n) is 0.969. The molecule has 17 heavy (non-hydrogen) atoms. The van der Waals surface area contributed by atoms with Gasteiger partial charge in [0.25, 0.3) is 0 Å². The average Bonchev–Trinajstić information content (AvgIpc) is 2.19. The molecule has 0 spiro atoms. The second-order valence-corrected chi connectivity index (χ2v) is 3.43. The zero-order chi connectivity index (χ0) is 13.4. The van der Waals surface area contributed by atoms with Gasteiger partial charge in [-0.2, -0.15) is 22.0 Å². The minimum Gasteiger partial charge on any atom is -0.287 e. The summed E-state index contributed by atoms with van der Waals surface area (Å²) in [6.45, 7) is 0. The van der Waals surface area contributed by atoms with Gasteiger partial charge in [0.05, 0.1) is 5.02 Å². The molecule has 94 valence electrons. The van der Waals surface area contributed by atoms with Crippen LogP contribution < -0.4 is 0 Å². The maximum atomic E-state index is 12.7. The van der Waals surface area contributed by atoms with Crippen LogP contribution in [0, 0.1) is 5.82 Å². The van der Waals surface area contributed by atoms with Crippen molar-refractivity contribution in [2.75, 3.05) is 0 Å². The lowest BCUT2D eigenvalue weighted by Gasteiger charge is -2.18. The predicted molar refractivity (Wildman–Crippen MR) is 46.7 cm³/mol. The molecule has 0 amide bonds. The molecule has 0 aliphatic rings. The first-order valence-electron chi connectivity index (χ1n) is 4.02. The summed E-state index contributed by atoms with van der Waals surface area (Å²) >= 11 is 5.26. The molecule has 0 bridgehead atoms. The van der Waals surface area contributed by atoms with Crippen molar-refractivity contribution in [3.05, 3.63) is 34.6 Å². The summed E-state index contributed by atoms with van der Waals surface area (Å²) in [7, 11) is 0. The molecule has 0 saturated heterocycles. The topological polar surface area (TPSA) is 17.1 Å². The molecular formula is C9H3ClF6O. The Balaban J connectivity index is 3.26. The summed E-state index contributed by atoms with van der Waals surface area (Å²) in [4.78, 5) is 11.0. The van der Waals surface area contributed by atoms with Crippen LogP contribution in [0.25, 0.3) is 0 Å². The number of hydrogen-bond donors (Lipinski definition) is 0.